The predicted octanol–water partition coefficient (Wildman–Crippen LogP) is 1.89. The molecule has 1 fully saturated rings. The SMILES string of the molecule is O=C(C[C@@H]1NC(=O)NC1=O)NCc1cn(-c2ccccc2)nc1-c1ccc(F)cc1. The quantitative estimate of drug-likeness (QED) is 0.543. The van der Waals surface area contributed by atoms with Crippen LogP contribution in [-0.4, -0.2) is 33.7 Å². The molecule has 30 heavy (non-hydrogen) atoms. The van der Waals surface area contributed by atoms with Crippen molar-refractivity contribution in [2.45, 2.75) is 19.0 Å². The molecule has 0 bridgehead atoms. The molecule has 0 saturated carbocycles. The Hall–Kier alpha value is -4.01. The Morgan fingerprint density at radius 1 is 1.10 bits per heavy atom. The number of carbonyl (C=O) groups excluding carboxylic acids is 3. The second-order valence-corrected chi connectivity index (χ2v) is 6.79. The number of aromatic nitrogens is 2. The van der Waals surface area contributed by atoms with Crippen molar-refractivity contribution in [3.8, 4) is 16.9 Å². The first kappa shape index (κ1) is 19.3. The van der Waals surface area contributed by atoms with Crippen LogP contribution in [0.1, 0.15) is 12.0 Å². The van der Waals surface area contributed by atoms with Crippen LogP contribution in [0.5, 0.6) is 0 Å². The van der Waals surface area contributed by atoms with E-state index < -0.39 is 23.9 Å². The van der Waals surface area contributed by atoms with Gasteiger partial charge in [-0.1, -0.05) is 18.2 Å². The Kier molecular flexibility index (Phi) is 5.25. The molecule has 1 saturated heterocycles. The normalized spacial score (nSPS) is 15.6. The van der Waals surface area contributed by atoms with Gasteiger partial charge in [0.1, 0.15) is 11.9 Å². The van der Waals surface area contributed by atoms with Crippen molar-refractivity contribution in [1.29, 1.82) is 0 Å². The van der Waals surface area contributed by atoms with E-state index in [4.69, 9.17) is 0 Å². The highest BCUT2D eigenvalue weighted by molar-refractivity contribution is 6.05. The zero-order chi connectivity index (χ0) is 21.1. The summed E-state index contributed by atoms with van der Waals surface area (Å²) in [6.07, 6.45) is 1.62. The van der Waals surface area contributed by atoms with E-state index in [9.17, 15) is 18.8 Å². The lowest BCUT2D eigenvalue weighted by atomic mass is 10.1. The summed E-state index contributed by atoms with van der Waals surface area (Å²) in [5.41, 5.74) is 2.87. The lowest BCUT2D eigenvalue weighted by molar-refractivity contribution is -0.126. The molecule has 3 aromatic rings. The van der Waals surface area contributed by atoms with Gasteiger partial charge >= 0.3 is 6.03 Å². The van der Waals surface area contributed by atoms with Gasteiger partial charge in [0.2, 0.25) is 5.91 Å². The number of para-hydroxylation sites is 1. The lowest BCUT2D eigenvalue weighted by Gasteiger charge is -2.08. The van der Waals surface area contributed by atoms with Crippen molar-refractivity contribution in [1.82, 2.24) is 25.7 Å². The first-order valence-corrected chi connectivity index (χ1v) is 9.27. The minimum atomic E-state index is -0.888. The van der Waals surface area contributed by atoms with E-state index in [1.54, 1.807) is 23.0 Å². The number of benzene rings is 2. The van der Waals surface area contributed by atoms with Gasteiger partial charge in [0.15, 0.2) is 0 Å². The topological polar surface area (TPSA) is 105 Å². The van der Waals surface area contributed by atoms with Crippen LogP contribution in [0.3, 0.4) is 0 Å². The number of hydrogen-bond donors (Lipinski definition) is 3. The lowest BCUT2D eigenvalue weighted by Crippen LogP contribution is -2.36. The van der Waals surface area contributed by atoms with Crippen LogP contribution in [0, 0.1) is 5.82 Å². The van der Waals surface area contributed by atoms with Crippen molar-refractivity contribution < 1.29 is 18.8 Å². The summed E-state index contributed by atoms with van der Waals surface area (Å²) in [7, 11) is 0. The molecule has 1 aliphatic rings. The van der Waals surface area contributed by atoms with E-state index in [1.165, 1.54) is 12.1 Å². The molecule has 4 rings (SSSR count). The standard InChI is InChI=1S/C21H18FN5O3/c22-15-8-6-13(7-9-15)19-14(12-27(26-19)16-4-2-1-3-5-16)11-23-18(28)10-17-20(29)25-21(30)24-17/h1-9,12,17H,10-11H2,(H,23,28)(H2,24,25,29,30)/t17-/m0/s1. The van der Waals surface area contributed by atoms with Crippen molar-refractivity contribution in [2.24, 2.45) is 0 Å². The van der Waals surface area contributed by atoms with Gasteiger partial charge in [-0.05, 0) is 36.4 Å². The van der Waals surface area contributed by atoms with Gasteiger partial charge in [-0.3, -0.25) is 14.9 Å². The molecule has 0 radical (unpaired) electrons. The van der Waals surface area contributed by atoms with Crippen molar-refractivity contribution in [2.75, 3.05) is 0 Å². The molecule has 3 N–H and O–H groups in total. The number of rotatable bonds is 6. The zero-order valence-electron chi connectivity index (χ0n) is 15.8. The van der Waals surface area contributed by atoms with E-state index in [-0.39, 0.29) is 18.8 Å². The molecular weight excluding hydrogens is 389 g/mol. The first-order chi connectivity index (χ1) is 14.5. The minimum Gasteiger partial charge on any atom is -0.352 e. The van der Waals surface area contributed by atoms with E-state index in [0.29, 0.717) is 11.3 Å². The van der Waals surface area contributed by atoms with Crippen LogP contribution < -0.4 is 16.0 Å². The molecular formula is C21H18FN5O3. The Bertz CT molecular complexity index is 1100. The summed E-state index contributed by atoms with van der Waals surface area (Å²) >= 11 is 0. The summed E-state index contributed by atoms with van der Waals surface area (Å²) in [6.45, 7) is 0.153. The van der Waals surface area contributed by atoms with Gasteiger partial charge in [-0.15, -0.1) is 0 Å². The summed E-state index contributed by atoms with van der Waals surface area (Å²) < 4.78 is 15.0. The first-order valence-electron chi connectivity index (χ1n) is 9.27. The number of nitrogens with one attached hydrogen (secondary N) is 3. The second kappa shape index (κ2) is 8.16. The number of hydrogen-bond acceptors (Lipinski definition) is 4. The van der Waals surface area contributed by atoms with Gasteiger partial charge in [0.25, 0.3) is 5.91 Å². The summed E-state index contributed by atoms with van der Waals surface area (Å²) in [4.78, 5) is 35.1. The van der Waals surface area contributed by atoms with E-state index >= 15 is 0 Å². The molecule has 1 atom stereocenters. The summed E-state index contributed by atoms with van der Waals surface area (Å²) in [6, 6.07) is 13.9. The molecule has 0 spiro atoms. The average Bonchev–Trinajstić information content (AvgIpc) is 3.30. The second-order valence-electron chi connectivity index (χ2n) is 6.79. The number of amides is 4. The average molecular weight is 407 g/mol. The number of urea groups is 1. The maximum Gasteiger partial charge on any atom is 0.322 e. The number of imide groups is 1. The minimum absolute atomic E-state index is 0.153. The van der Waals surface area contributed by atoms with E-state index in [2.05, 4.69) is 21.0 Å². The smallest absolute Gasteiger partial charge is 0.322 e. The molecule has 1 aromatic heterocycles. The fourth-order valence-electron chi connectivity index (χ4n) is 3.16. The van der Waals surface area contributed by atoms with Crippen LogP contribution in [0.25, 0.3) is 16.9 Å². The van der Waals surface area contributed by atoms with E-state index in [0.717, 1.165) is 11.3 Å². The molecule has 4 amide bonds. The predicted molar refractivity (Wildman–Crippen MR) is 106 cm³/mol. The molecule has 9 heteroatoms. The van der Waals surface area contributed by atoms with Crippen molar-refractivity contribution in [3.05, 3.63) is 72.2 Å². The molecule has 2 aromatic carbocycles. The Balaban J connectivity index is 1.54. The summed E-state index contributed by atoms with van der Waals surface area (Å²) in [5, 5.41) is 11.8. The fraction of sp³-hybridized carbons (Fsp3) is 0.143. The number of carbonyl (C=O) groups is 3. The third-order valence-electron chi connectivity index (χ3n) is 4.65. The van der Waals surface area contributed by atoms with Crippen LogP contribution in [0.2, 0.25) is 0 Å². The van der Waals surface area contributed by atoms with Crippen molar-refractivity contribution in [3.63, 3.8) is 0 Å². The zero-order valence-corrected chi connectivity index (χ0v) is 15.8. The molecule has 8 nitrogen and oxygen atoms in total. The van der Waals surface area contributed by atoms with Crippen molar-refractivity contribution >= 4 is 17.8 Å². The third-order valence-corrected chi connectivity index (χ3v) is 4.65. The van der Waals surface area contributed by atoms with Crippen LogP contribution in [0.15, 0.2) is 60.8 Å². The van der Waals surface area contributed by atoms with Gasteiger partial charge < -0.3 is 10.6 Å². The number of halogens is 1. The molecule has 1 aliphatic heterocycles. The highest BCUT2D eigenvalue weighted by Gasteiger charge is 2.31. The highest BCUT2D eigenvalue weighted by Crippen LogP contribution is 2.24. The number of nitrogens with zero attached hydrogens (tertiary/aromatic N) is 2. The van der Waals surface area contributed by atoms with Crippen LogP contribution in [-0.2, 0) is 16.1 Å². The Morgan fingerprint density at radius 3 is 2.50 bits per heavy atom. The van der Waals surface area contributed by atoms with E-state index in [1.807, 2.05) is 30.3 Å². The fourth-order valence-corrected chi connectivity index (χ4v) is 3.16. The monoisotopic (exact) mass is 407 g/mol. The van der Waals surface area contributed by atoms with Crippen LogP contribution >= 0.6 is 0 Å². The molecule has 0 aliphatic carbocycles. The van der Waals surface area contributed by atoms with Gasteiger partial charge in [0, 0.05) is 23.9 Å². The van der Waals surface area contributed by atoms with Crippen LogP contribution in [0.4, 0.5) is 9.18 Å². The Labute approximate surface area is 171 Å². The third kappa shape index (κ3) is 4.19. The largest absolute Gasteiger partial charge is 0.352 e. The molecule has 2 heterocycles. The van der Waals surface area contributed by atoms with Gasteiger partial charge in [0.05, 0.1) is 17.8 Å². The molecule has 152 valence electrons. The highest BCUT2D eigenvalue weighted by atomic mass is 19.1. The van der Waals surface area contributed by atoms with Gasteiger partial charge in [-0.2, -0.15) is 5.10 Å². The molecule has 0 unspecified atom stereocenters. The maximum atomic E-state index is 13.3. The maximum absolute atomic E-state index is 13.3. The Morgan fingerprint density at radius 2 is 1.83 bits per heavy atom. The summed E-state index contributed by atoms with van der Waals surface area (Å²) in [5.74, 6) is -1.28. The van der Waals surface area contributed by atoms with Gasteiger partial charge in [-0.25, -0.2) is 13.9 Å².